The number of anilines is 1. The Balaban J connectivity index is 1.94. The SMILES string of the molecule is CO[C@@H]1CN(C)C(=O)c2cc(NC(C)=O)ccc2OC[C@@H](C)N(Cc2cccnc2)C[C@@H]1C. The summed E-state index contributed by atoms with van der Waals surface area (Å²) in [7, 11) is 3.45. The van der Waals surface area contributed by atoms with Crippen molar-refractivity contribution in [3.05, 3.63) is 53.9 Å². The summed E-state index contributed by atoms with van der Waals surface area (Å²) < 4.78 is 12.0. The van der Waals surface area contributed by atoms with E-state index in [4.69, 9.17) is 9.47 Å². The largest absolute Gasteiger partial charge is 0.491 e. The van der Waals surface area contributed by atoms with Crippen LogP contribution < -0.4 is 10.1 Å². The first kappa shape index (κ1) is 24.7. The van der Waals surface area contributed by atoms with Crippen molar-refractivity contribution in [1.82, 2.24) is 14.8 Å². The number of nitrogens with zero attached hydrogens (tertiary/aromatic N) is 3. The fraction of sp³-hybridized carbons (Fsp3) is 0.480. The average molecular weight is 455 g/mol. The summed E-state index contributed by atoms with van der Waals surface area (Å²) >= 11 is 0. The Hall–Kier alpha value is -2.97. The average Bonchev–Trinajstić information content (AvgIpc) is 2.80. The second-order valence-electron chi connectivity index (χ2n) is 8.78. The van der Waals surface area contributed by atoms with E-state index in [2.05, 4.69) is 35.1 Å². The lowest BCUT2D eigenvalue weighted by Crippen LogP contribution is -2.46. The smallest absolute Gasteiger partial charge is 0.257 e. The van der Waals surface area contributed by atoms with Gasteiger partial charge in [0, 0.05) is 64.8 Å². The van der Waals surface area contributed by atoms with Crippen molar-refractivity contribution in [2.45, 2.75) is 39.5 Å². The summed E-state index contributed by atoms with van der Waals surface area (Å²) in [5.74, 6) is 0.301. The van der Waals surface area contributed by atoms with Crippen LogP contribution in [0.3, 0.4) is 0 Å². The van der Waals surface area contributed by atoms with Crippen molar-refractivity contribution in [3.8, 4) is 5.75 Å². The van der Waals surface area contributed by atoms with E-state index in [-0.39, 0.29) is 29.9 Å². The van der Waals surface area contributed by atoms with Crippen LogP contribution in [0.15, 0.2) is 42.7 Å². The van der Waals surface area contributed by atoms with E-state index in [1.165, 1.54) is 6.92 Å². The molecule has 0 fully saturated rings. The second kappa shape index (κ2) is 11.2. The maximum absolute atomic E-state index is 13.3. The molecular formula is C25H34N4O4. The van der Waals surface area contributed by atoms with E-state index in [1.54, 1.807) is 43.5 Å². The molecule has 0 saturated heterocycles. The van der Waals surface area contributed by atoms with Gasteiger partial charge in [-0.3, -0.25) is 19.5 Å². The topological polar surface area (TPSA) is 84.0 Å². The Bertz CT molecular complexity index is 953. The molecule has 8 nitrogen and oxygen atoms in total. The van der Waals surface area contributed by atoms with Gasteiger partial charge in [0.25, 0.3) is 5.91 Å². The Labute approximate surface area is 195 Å². The zero-order valence-electron chi connectivity index (χ0n) is 20.1. The molecule has 3 rings (SSSR count). The van der Waals surface area contributed by atoms with E-state index >= 15 is 0 Å². The predicted molar refractivity (Wildman–Crippen MR) is 127 cm³/mol. The third kappa shape index (κ3) is 6.52. The van der Waals surface area contributed by atoms with Crippen molar-refractivity contribution in [2.75, 3.05) is 39.2 Å². The number of likely N-dealkylation sites (N-methyl/N-ethyl adjacent to an activating group) is 1. The first-order chi connectivity index (χ1) is 15.8. The van der Waals surface area contributed by atoms with Crippen LogP contribution in [-0.4, -0.2) is 72.6 Å². The molecule has 8 heteroatoms. The lowest BCUT2D eigenvalue weighted by atomic mass is 10.0. The molecule has 33 heavy (non-hydrogen) atoms. The number of amides is 2. The molecule has 2 amide bonds. The van der Waals surface area contributed by atoms with Gasteiger partial charge in [-0.05, 0) is 42.7 Å². The third-order valence-corrected chi connectivity index (χ3v) is 6.00. The van der Waals surface area contributed by atoms with Gasteiger partial charge < -0.3 is 19.7 Å². The van der Waals surface area contributed by atoms with E-state index in [1.807, 2.05) is 12.3 Å². The van der Waals surface area contributed by atoms with Crippen molar-refractivity contribution in [1.29, 1.82) is 0 Å². The molecule has 1 N–H and O–H groups in total. The van der Waals surface area contributed by atoms with Crippen LogP contribution in [0, 0.1) is 5.92 Å². The normalized spacial score (nSPS) is 22.5. The van der Waals surface area contributed by atoms with Crippen molar-refractivity contribution in [2.24, 2.45) is 5.92 Å². The van der Waals surface area contributed by atoms with Crippen LogP contribution in [-0.2, 0) is 16.1 Å². The lowest BCUT2D eigenvalue weighted by Gasteiger charge is -2.36. The number of hydrogen-bond acceptors (Lipinski definition) is 6. The number of fused-ring (bicyclic) bond motifs is 1. The van der Waals surface area contributed by atoms with Gasteiger partial charge >= 0.3 is 0 Å². The van der Waals surface area contributed by atoms with Gasteiger partial charge in [-0.15, -0.1) is 0 Å². The van der Waals surface area contributed by atoms with Crippen molar-refractivity contribution >= 4 is 17.5 Å². The zero-order chi connectivity index (χ0) is 24.0. The second-order valence-corrected chi connectivity index (χ2v) is 8.78. The van der Waals surface area contributed by atoms with Gasteiger partial charge in [0.05, 0.1) is 11.7 Å². The van der Waals surface area contributed by atoms with Gasteiger partial charge in [-0.25, -0.2) is 0 Å². The van der Waals surface area contributed by atoms with Crippen LogP contribution in [0.2, 0.25) is 0 Å². The summed E-state index contributed by atoms with van der Waals surface area (Å²) in [6, 6.07) is 9.26. The van der Waals surface area contributed by atoms with Crippen LogP contribution in [0.5, 0.6) is 5.75 Å². The van der Waals surface area contributed by atoms with Crippen LogP contribution >= 0.6 is 0 Å². The first-order valence-corrected chi connectivity index (χ1v) is 11.2. The molecule has 0 aliphatic carbocycles. The van der Waals surface area contributed by atoms with E-state index in [0.29, 0.717) is 30.2 Å². The van der Waals surface area contributed by atoms with Crippen LogP contribution in [0.25, 0.3) is 0 Å². The molecule has 3 atom stereocenters. The van der Waals surface area contributed by atoms with Gasteiger partial charge in [-0.2, -0.15) is 0 Å². The molecule has 1 aliphatic heterocycles. The van der Waals surface area contributed by atoms with Gasteiger partial charge in [-0.1, -0.05) is 13.0 Å². The van der Waals surface area contributed by atoms with Crippen molar-refractivity contribution < 1.29 is 19.1 Å². The van der Waals surface area contributed by atoms with Gasteiger partial charge in [0.2, 0.25) is 5.91 Å². The van der Waals surface area contributed by atoms with E-state index in [0.717, 1.165) is 18.7 Å². The maximum Gasteiger partial charge on any atom is 0.257 e. The highest BCUT2D eigenvalue weighted by atomic mass is 16.5. The highest BCUT2D eigenvalue weighted by molar-refractivity contribution is 5.99. The number of ether oxygens (including phenoxy) is 2. The molecule has 0 bridgehead atoms. The molecule has 1 aromatic carbocycles. The number of hydrogen-bond donors (Lipinski definition) is 1. The summed E-state index contributed by atoms with van der Waals surface area (Å²) in [4.78, 5) is 33.1. The van der Waals surface area contributed by atoms with E-state index in [9.17, 15) is 9.59 Å². The lowest BCUT2D eigenvalue weighted by molar-refractivity contribution is -0.114. The minimum Gasteiger partial charge on any atom is -0.491 e. The number of rotatable bonds is 4. The summed E-state index contributed by atoms with van der Waals surface area (Å²) in [5, 5.41) is 2.74. The Morgan fingerprint density at radius 2 is 2.06 bits per heavy atom. The quantitative estimate of drug-likeness (QED) is 0.765. The number of nitrogens with one attached hydrogen (secondary N) is 1. The number of methoxy groups -OCH3 is 1. The summed E-state index contributed by atoms with van der Waals surface area (Å²) in [6.07, 6.45) is 3.52. The number of aromatic nitrogens is 1. The van der Waals surface area contributed by atoms with E-state index < -0.39 is 0 Å². The number of benzene rings is 1. The zero-order valence-corrected chi connectivity index (χ0v) is 20.1. The standard InChI is InChI=1S/C25H34N4O4/c1-17-13-29(14-20-7-6-10-26-12-20)18(2)16-33-23-9-8-21(27-19(3)30)11-22(23)25(31)28(4)15-24(17)32-5/h6-12,17-18,24H,13-16H2,1-5H3,(H,27,30)/t17-,18+,24+/m0/s1. The minimum atomic E-state index is -0.197. The minimum absolute atomic E-state index is 0.0836. The molecule has 1 aliphatic rings. The molecule has 0 unspecified atom stereocenters. The fourth-order valence-electron chi connectivity index (χ4n) is 4.08. The first-order valence-electron chi connectivity index (χ1n) is 11.2. The molecule has 0 saturated carbocycles. The monoisotopic (exact) mass is 454 g/mol. The molecule has 2 aromatic rings. The Morgan fingerprint density at radius 3 is 2.73 bits per heavy atom. The van der Waals surface area contributed by atoms with Crippen LogP contribution in [0.4, 0.5) is 5.69 Å². The highest BCUT2D eigenvalue weighted by Crippen LogP contribution is 2.26. The molecule has 1 aromatic heterocycles. The predicted octanol–water partition coefficient (Wildman–Crippen LogP) is 3.05. The molecule has 0 spiro atoms. The number of carbonyl (C=O) groups is 2. The summed E-state index contributed by atoms with van der Waals surface area (Å²) in [5.41, 5.74) is 2.10. The highest BCUT2D eigenvalue weighted by Gasteiger charge is 2.28. The van der Waals surface area contributed by atoms with Gasteiger partial charge in [0.1, 0.15) is 12.4 Å². The molecule has 2 heterocycles. The summed E-state index contributed by atoms with van der Waals surface area (Å²) in [6.45, 7) is 8.08. The molecular weight excluding hydrogens is 420 g/mol. The fourth-order valence-corrected chi connectivity index (χ4v) is 4.08. The van der Waals surface area contributed by atoms with Gasteiger partial charge in [0.15, 0.2) is 0 Å². The van der Waals surface area contributed by atoms with Crippen molar-refractivity contribution in [3.63, 3.8) is 0 Å². The number of pyridine rings is 1. The Kier molecular flexibility index (Phi) is 8.41. The molecule has 0 radical (unpaired) electrons. The van der Waals surface area contributed by atoms with Crippen LogP contribution in [0.1, 0.15) is 36.7 Å². The number of carbonyl (C=O) groups excluding carboxylic acids is 2. The third-order valence-electron chi connectivity index (χ3n) is 6.00. The molecule has 178 valence electrons. The Morgan fingerprint density at radius 1 is 1.27 bits per heavy atom. The maximum atomic E-state index is 13.3.